The van der Waals surface area contributed by atoms with Crippen LogP contribution in [0.1, 0.15) is 37.7 Å². The Bertz CT molecular complexity index is 1090. The SMILES string of the molecule is COc1cccc(C2C(C(=O)Nc3cccnc3)=C(C)NC3=C2C(=O)CCC3)c1OC. The average molecular weight is 419 g/mol. The summed E-state index contributed by atoms with van der Waals surface area (Å²) >= 11 is 0. The molecule has 4 rings (SSSR count). The highest BCUT2D eigenvalue weighted by Crippen LogP contribution is 2.47. The van der Waals surface area contributed by atoms with Crippen molar-refractivity contribution in [2.24, 2.45) is 0 Å². The summed E-state index contributed by atoms with van der Waals surface area (Å²) in [6.45, 7) is 1.86. The molecule has 1 amide bonds. The maximum Gasteiger partial charge on any atom is 0.254 e. The predicted molar refractivity (Wildman–Crippen MR) is 117 cm³/mol. The van der Waals surface area contributed by atoms with Gasteiger partial charge < -0.3 is 20.1 Å². The highest BCUT2D eigenvalue weighted by molar-refractivity contribution is 6.09. The molecule has 31 heavy (non-hydrogen) atoms. The number of amides is 1. The number of allylic oxidation sites excluding steroid dienone is 3. The van der Waals surface area contributed by atoms with E-state index in [9.17, 15) is 9.59 Å². The Labute approximate surface area is 181 Å². The van der Waals surface area contributed by atoms with E-state index in [4.69, 9.17) is 9.47 Å². The maximum atomic E-state index is 13.5. The third kappa shape index (κ3) is 3.79. The van der Waals surface area contributed by atoms with Gasteiger partial charge in [-0.15, -0.1) is 0 Å². The van der Waals surface area contributed by atoms with E-state index in [1.54, 1.807) is 44.8 Å². The molecule has 2 N–H and O–H groups in total. The number of hydrogen-bond donors (Lipinski definition) is 2. The van der Waals surface area contributed by atoms with Gasteiger partial charge >= 0.3 is 0 Å². The molecule has 2 heterocycles. The Morgan fingerprint density at radius 3 is 2.71 bits per heavy atom. The zero-order valence-corrected chi connectivity index (χ0v) is 17.8. The van der Waals surface area contributed by atoms with Crippen molar-refractivity contribution in [3.63, 3.8) is 0 Å². The number of hydrogen-bond acceptors (Lipinski definition) is 6. The lowest BCUT2D eigenvalue weighted by atomic mass is 9.74. The van der Waals surface area contributed by atoms with Crippen LogP contribution in [0.2, 0.25) is 0 Å². The first kappa shape index (κ1) is 20.7. The van der Waals surface area contributed by atoms with Gasteiger partial charge in [-0.25, -0.2) is 0 Å². The van der Waals surface area contributed by atoms with Crippen molar-refractivity contribution < 1.29 is 19.1 Å². The Morgan fingerprint density at radius 2 is 2.00 bits per heavy atom. The summed E-state index contributed by atoms with van der Waals surface area (Å²) in [6, 6.07) is 9.05. The fourth-order valence-electron chi connectivity index (χ4n) is 4.37. The Morgan fingerprint density at radius 1 is 1.16 bits per heavy atom. The molecule has 160 valence electrons. The van der Waals surface area contributed by atoms with Gasteiger partial charge in [0.05, 0.1) is 32.0 Å². The fraction of sp³-hybridized carbons (Fsp3) is 0.292. The molecule has 0 fully saturated rings. The number of aromatic nitrogens is 1. The van der Waals surface area contributed by atoms with Gasteiger partial charge in [-0.05, 0) is 38.0 Å². The van der Waals surface area contributed by atoms with E-state index in [2.05, 4.69) is 15.6 Å². The van der Waals surface area contributed by atoms with Gasteiger partial charge in [0.2, 0.25) is 0 Å². The van der Waals surface area contributed by atoms with Crippen LogP contribution in [0, 0.1) is 0 Å². The summed E-state index contributed by atoms with van der Waals surface area (Å²) < 4.78 is 11.2. The third-order valence-electron chi connectivity index (χ3n) is 5.68. The lowest BCUT2D eigenvalue weighted by molar-refractivity contribution is -0.116. The molecule has 1 aliphatic heterocycles. The number of pyridine rings is 1. The Hall–Kier alpha value is -3.61. The minimum atomic E-state index is -0.564. The van der Waals surface area contributed by atoms with Crippen molar-refractivity contribution in [2.45, 2.75) is 32.1 Å². The molecule has 7 heteroatoms. The molecule has 2 aliphatic rings. The van der Waals surface area contributed by atoms with Gasteiger partial charge in [-0.1, -0.05) is 12.1 Å². The van der Waals surface area contributed by atoms with Gasteiger partial charge in [-0.2, -0.15) is 0 Å². The molecule has 0 spiro atoms. The van der Waals surface area contributed by atoms with Crippen molar-refractivity contribution in [1.29, 1.82) is 0 Å². The number of dihydropyridines is 1. The summed E-state index contributed by atoms with van der Waals surface area (Å²) in [5.74, 6) is 0.251. The smallest absolute Gasteiger partial charge is 0.254 e. The first-order valence-corrected chi connectivity index (χ1v) is 10.2. The number of carbonyl (C=O) groups is 2. The molecule has 0 saturated carbocycles. The minimum Gasteiger partial charge on any atom is -0.493 e. The van der Waals surface area contributed by atoms with Gasteiger partial charge in [0.25, 0.3) is 5.91 Å². The summed E-state index contributed by atoms with van der Waals surface area (Å²) in [6.07, 6.45) is 5.24. The highest BCUT2D eigenvalue weighted by Gasteiger charge is 2.40. The summed E-state index contributed by atoms with van der Waals surface area (Å²) in [5, 5.41) is 6.23. The monoisotopic (exact) mass is 419 g/mol. The Balaban J connectivity index is 1.87. The molecule has 0 radical (unpaired) electrons. The highest BCUT2D eigenvalue weighted by atomic mass is 16.5. The molecule has 7 nitrogen and oxygen atoms in total. The number of methoxy groups -OCH3 is 2. The van der Waals surface area contributed by atoms with Crippen LogP contribution in [0.15, 0.2) is 65.3 Å². The van der Waals surface area contributed by atoms with Crippen LogP contribution in [-0.4, -0.2) is 30.9 Å². The lowest BCUT2D eigenvalue weighted by Gasteiger charge is -2.35. The summed E-state index contributed by atoms with van der Waals surface area (Å²) in [7, 11) is 3.13. The van der Waals surface area contributed by atoms with Crippen molar-refractivity contribution in [3.05, 3.63) is 70.8 Å². The predicted octanol–water partition coefficient (Wildman–Crippen LogP) is 3.71. The van der Waals surface area contributed by atoms with E-state index < -0.39 is 5.92 Å². The number of ketones is 1. The molecule has 1 aromatic heterocycles. The number of rotatable bonds is 5. The average Bonchev–Trinajstić information content (AvgIpc) is 2.78. The molecule has 1 aromatic carbocycles. The standard InChI is InChI=1S/C24H25N3O4/c1-14-20(24(29)27-15-7-6-12-25-13-15)21(22-17(26-14)9-5-10-18(22)28)16-8-4-11-19(30-2)23(16)31-3/h4,6-8,11-13,21,26H,5,9-10H2,1-3H3,(H,27,29). The number of nitrogens with one attached hydrogen (secondary N) is 2. The number of benzene rings is 1. The van der Waals surface area contributed by atoms with Crippen LogP contribution in [-0.2, 0) is 9.59 Å². The fourth-order valence-corrected chi connectivity index (χ4v) is 4.37. The number of nitrogens with zero attached hydrogens (tertiary/aromatic N) is 1. The van der Waals surface area contributed by atoms with Gasteiger partial charge in [0.15, 0.2) is 17.3 Å². The van der Waals surface area contributed by atoms with Crippen molar-refractivity contribution in [3.8, 4) is 11.5 Å². The molecular formula is C24H25N3O4. The molecule has 1 unspecified atom stereocenters. The normalized spacial score (nSPS) is 18.3. The van der Waals surface area contributed by atoms with Crippen LogP contribution in [0.5, 0.6) is 11.5 Å². The number of ether oxygens (including phenoxy) is 2. The number of Topliss-reactive ketones (excluding diaryl/α,β-unsaturated/α-hetero) is 1. The van der Waals surface area contributed by atoms with Crippen LogP contribution in [0.3, 0.4) is 0 Å². The zero-order chi connectivity index (χ0) is 22.0. The van der Waals surface area contributed by atoms with Crippen LogP contribution < -0.4 is 20.1 Å². The first-order chi connectivity index (χ1) is 15.0. The van der Waals surface area contributed by atoms with Crippen LogP contribution in [0.4, 0.5) is 5.69 Å². The molecule has 0 saturated heterocycles. The third-order valence-corrected chi connectivity index (χ3v) is 5.68. The molecule has 1 aliphatic carbocycles. The van der Waals surface area contributed by atoms with Crippen molar-refractivity contribution in [2.75, 3.05) is 19.5 Å². The number of para-hydroxylation sites is 1. The van der Waals surface area contributed by atoms with Gasteiger partial charge in [0, 0.05) is 40.7 Å². The minimum absolute atomic E-state index is 0.0443. The molecule has 1 atom stereocenters. The van der Waals surface area contributed by atoms with E-state index in [1.165, 1.54) is 0 Å². The van der Waals surface area contributed by atoms with E-state index in [1.807, 2.05) is 19.1 Å². The second kappa shape index (κ2) is 8.63. The second-order valence-corrected chi connectivity index (χ2v) is 7.54. The van der Waals surface area contributed by atoms with E-state index in [0.717, 1.165) is 24.1 Å². The first-order valence-electron chi connectivity index (χ1n) is 10.2. The van der Waals surface area contributed by atoms with Crippen molar-refractivity contribution >= 4 is 17.4 Å². The number of anilines is 1. The van der Waals surface area contributed by atoms with Crippen LogP contribution in [0.25, 0.3) is 0 Å². The van der Waals surface area contributed by atoms with E-state index >= 15 is 0 Å². The largest absolute Gasteiger partial charge is 0.493 e. The maximum absolute atomic E-state index is 13.5. The molecule has 0 bridgehead atoms. The van der Waals surface area contributed by atoms with E-state index in [0.29, 0.717) is 40.5 Å². The topological polar surface area (TPSA) is 89.5 Å². The van der Waals surface area contributed by atoms with Crippen molar-refractivity contribution in [1.82, 2.24) is 10.3 Å². The second-order valence-electron chi connectivity index (χ2n) is 7.54. The van der Waals surface area contributed by atoms with Crippen LogP contribution >= 0.6 is 0 Å². The molecular weight excluding hydrogens is 394 g/mol. The quantitative estimate of drug-likeness (QED) is 0.768. The van der Waals surface area contributed by atoms with E-state index in [-0.39, 0.29) is 11.7 Å². The summed E-state index contributed by atoms with van der Waals surface area (Å²) in [4.78, 5) is 30.6. The number of carbonyl (C=O) groups excluding carboxylic acids is 2. The lowest BCUT2D eigenvalue weighted by Crippen LogP contribution is -2.35. The van der Waals surface area contributed by atoms with Gasteiger partial charge in [-0.3, -0.25) is 14.6 Å². The van der Waals surface area contributed by atoms with Gasteiger partial charge in [0.1, 0.15) is 0 Å². The Kier molecular flexibility index (Phi) is 5.75. The summed E-state index contributed by atoms with van der Waals surface area (Å²) in [5.41, 5.74) is 4.00. The zero-order valence-electron chi connectivity index (χ0n) is 17.8. The molecule has 2 aromatic rings.